The van der Waals surface area contributed by atoms with Crippen LogP contribution in [0.25, 0.3) is 10.9 Å². The summed E-state index contributed by atoms with van der Waals surface area (Å²) >= 11 is 0. The molecule has 0 unspecified atom stereocenters. The van der Waals surface area contributed by atoms with Crippen molar-refractivity contribution >= 4 is 40.2 Å². The number of nitrogens with one attached hydrogen (secondary N) is 3. The van der Waals surface area contributed by atoms with Gasteiger partial charge in [0.2, 0.25) is 0 Å². The van der Waals surface area contributed by atoms with Gasteiger partial charge < -0.3 is 26.8 Å². The zero-order valence-corrected chi connectivity index (χ0v) is 19.6. The molecule has 2 aromatic heterocycles. The molecule has 0 fully saturated rings. The summed E-state index contributed by atoms with van der Waals surface area (Å²) in [6.45, 7) is 8.31. The Labute approximate surface area is 196 Å². The van der Waals surface area contributed by atoms with E-state index in [4.69, 9.17) is 10.8 Å². The molecular formula is C23H30FN7O3. The molecule has 0 aliphatic rings. The molecule has 0 radical (unpaired) electrons. The Balaban J connectivity index is 1.97. The van der Waals surface area contributed by atoms with Gasteiger partial charge >= 0.3 is 6.09 Å². The number of fused-ring (bicyclic) bond motifs is 1. The van der Waals surface area contributed by atoms with E-state index < -0.39 is 29.9 Å². The standard InChI is InChI=1S/C23H30FN7O3/c1-5-31-19-9-15(7-6-14(19)11-26-31)28-21-16(20(25)32)10-17(24)22(30-21)29-18(8-12(2)3)13(4)27-23(33)34/h6-7,9-13,18,27H,5,8H2,1-4H3,(H2,25,32)(H,33,34)(H2,28,29,30)/t13-,18-/m0/s1. The fourth-order valence-electron chi connectivity index (χ4n) is 3.78. The second kappa shape index (κ2) is 10.4. The maximum absolute atomic E-state index is 14.9. The van der Waals surface area contributed by atoms with Gasteiger partial charge in [-0.25, -0.2) is 14.2 Å². The van der Waals surface area contributed by atoms with Crippen molar-refractivity contribution in [3.8, 4) is 0 Å². The first-order valence-electron chi connectivity index (χ1n) is 11.1. The Bertz CT molecular complexity index is 1190. The molecule has 0 spiro atoms. The van der Waals surface area contributed by atoms with Crippen molar-refractivity contribution in [1.82, 2.24) is 20.1 Å². The van der Waals surface area contributed by atoms with Crippen LogP contribution in [0.5, 0.6) is 0 Å². The number of pyridine rings is 1. The second-order valence-electron chi connectivity index (χ2n) is 8.56. The summed E-state index contributed by atoms with van der Waals surface area (Å²) in [5.41, 5.74) is 6.88. The third-order valence-electron chi connectivity index (χ3n) is 5.45. The highest BCUT2D eigenvalue weighted by Gasteiger charge is 2.24. The first-order valence-corrected chi connectivity index (χ1v) is 11.1. The van der Waals surface area contributed by atoms with Crippen LogP contribution in [0.15, 0.2) is 30.5 Å². The van der Waals surface area contributed by atoms with E-state index in [-0.39, 0.29) is 23.1 Å². The van der Waals surface area contributed by atoms with Crippen molar-refractivity contribution < 1.29 is 19.1 Å². The lowest BCUT2D eigenvalue weighted by Crippen LogP contribution is -2.45. The average Bonchev–Trinajstić information content (AvgIpc) is 3.16. The molecule has 0 saturated carbocycles. The molecule has 0 aliphatic heterocycles. The van der Waals surface area contributed by atoms with Crippen LogP contribution in [-0.2, 0) is 6.54 Å². The third kappa shape index (κ3) is 5.72. The van der Waals surface area contributed by atoms with E-state index in [2.05, 4.69) is 26.0 Å². The molecule has 3 rings (SSSR count). The van der Waals surface area contributed by atoms with E-state index in [1.165, 1.54) is 0 Å². The number of carbonyl (C=O) groups excluding carboxylic acids is 1. The van der Waals surface area contributed by atoms with Gasteiger partial charge in [0.25, 0.3) is 5.91 Å². The number of aryl methyl sites for hydroxylation is 1. The van der Waals surface area contributed by atoms with Crippen LogP contribution in [0.1, 0.15) is 44.5 Å². The summed E-state index contributed by atoms with van der Waals surface area (Å²) in [6.07, 6.45) is 1.14. The molecule has 2 atom stereocenters. The number of carboxylic acid groups (broad SMARTS) is 1. The highest BCUT2D eigenvalue weighted by molar-refractivity contribution is 5.99. The Morgan fingerprint density at radius 2 is 1.94 bits per heavy atom. The number of aromatic nitrogens is 3. The largest absolute Gasteiger partial charge is 0.465 e. The summed E-state index contributed by atoms with van der Waals surface area (Å²) in [7, 11) is 0. The topological polar surface area (TPSA) is 147 Å². The van der Waals surface area contributed by atoms with Crippen LogP contribution in [0.4, 0.5) is 26.5 Å². The molecule has 182 valence electrons. The second-order valence-corrected chi connectivity index (χ2v) is 8.56. The number of halogens is 1. The molecule has 2 amide bonds. The van der Waals surface area contributed by atoms with E-state index in [0.29, 0.717) is 18.7 Å². The quantitative estimate of drug-likeness (QED) is 0.301. The van der Waals surface area contributed by atoms with Gasteiger partial charge in [-0.05, 0) is 50.5 Å². The van der Waals surface area contributed by atoms with E-state index in [1.807, 2.05) is 37.6 Å². The fourth-order valence-corrected chi connectivity index (χ4v) is 3.78. The minimum atomic E-state index is -1.18. The average molecular weight is 472 g/mol. The first-order chi connectivity index (χ1) is 16.1. The van der Waals surface area contributed by atoms with E-state index in [0.717, 1.165) is 17.0 Å². The fraction of sp³-hybridized carbons (Fsp3) is 0.391. The molecular weight excluding hydrogens is 441 g/mol. The van der Waals surface area contributed by atoms with Gasteiger partial charge in [-0.3, -0.25) is 9.48 Å². The molecule has 0 bridgehead atoms. The number of hydrogen-bond donors (Lipinski definition) is 5. The van der Waals surface area contributed by atoms with Gasteiger partial charge in [-0.15, -0.1) is 0 Å². The molecule has 10 nitrogen and oxygen atoms in total. The molecule has 6 N–H and O–H groups in total. The summed E-state index contributed by atoms with van der Waals surface area (Å²) < 4.78 is 16.7. The minimum absolute atomic E-state index is 0.0838. The van der Waals surface area contributed by atoms with Gasteiger partial charge in [0.15, 0.2) is 11.6 Å². The van der Waals surface area contributed by atoms with E-state index >= 15 is 0 Å². The Hall–Kier alpha value is -3.89. The predicted octanol–water partition coefficient (Wildman–Crippen LogP) is 3.92. The first kappa shape index (κ1) is 24.7. The van der Waals surface area contributed by atoms with Gasteiger partial charge in [-0.1, -0.05) is 13.8 Å². The number of hydrogen-bond acceptors (Lipinski definition) is 6. The van der Waals surface area contributed by atoms with Crippen LogP contribution < -0.4 is 21.7 Å². The number of primary amides is 1. The summed E-state index contributed by atoms with van der Waals surface area (Å²) in [5, 5.41) is 22.8. The summed E-state index contributed by atoms with van der Waals surface area (Å²) in [4.78, 5) is 27.4. The van der Waals surface area contributed by atoms with Crippen LogP contribution in [0.3, 0.4) is 0 Å². The van der Waals surface area contributed by atoms with Crippen molar-refractivity contribution in [3.63, 3.8) is 0 Å². The van der Waals surface area contributed by atoms with Crippen molar-refractivity contribution in [2.24, 2.45) is 11.7 Å². The van der Waals surface area contributed by atoms with Crippen LogP contribution in [-0.4, -0.2) is 44.0 Å². The molecule has 11 heteroatoms. The minimum Gasteiger partial charge on any atom is -0.465 e. The molecule has 1 aromatic carbocycles. The lowest BCUT2D eigenvalue weighted by atomic mass is 9.98. The highest BCUT2D eigenvalue weighted by Crippen LogP contribution is 2.27. The van der Waals surface area contributed by atoms with Gasteiger partial charge in [0.05, 0.1) is 17.3 Å². The van der Waals surface area contributed by atoms with E-state index in [1.54, 1.807) is 19.2 Å². The van der Waals surface area contributed by atoms with Crippen molar-refractivity contribution in [2.75, 3.05) is 10.6 Å². The summed E-state index contributed by atoms with van der Waals surface area (Å²) in [6, 6.07) is 5.59. The Morgan fingerprint density at radius 3 is 2.56 bits per heavy atom. The van der Waals surface area contributed by atoms with Crippen molar-refractivity contribution in [3.05, 3.63) is 41.8 Å². The number of rotatable bonds is 10. The van der Waals surface area contributed by atoms with Crippen molar-refractivity contribution in [1.29, 1.82) is 0 Å². The molecule has 2 heterocycles. The van der Waals surface area contributed by atoms with Gasteiger partial charge in [0.1, 0.15) is 5.82 Å². The maximum Gasteiger partial charge on any atom is 0.404 e. The van der Waals surface area contributed by atoms with E-state index in [9.17, 15) is 14.0 Å². The van der Waals surface area contributed by atoms with Crippen LogP contribution >= 0.6 is 0 Å². The smallest absolute Gasteiger partial charge is 0.404 e. The normalized spacial score (nSPS) is 13.0. The lowest BCUT2D eigenvalue weighted by molar-refractivity contribution is 0.100. The molecule has 0 saturated heterocycles. The number of amides is 2. The number of benzene rings is 1. The zero-order chi connectivity index (χ0) is 25.0. The zero-order valence-electron chi connectivity index (χ0n) is 19.6. The van der Waals surface area contributed by atoms with Crippen LogP contribution in [0.2, 0.25) is 0 Å². The van der Waals surface area contributed by atoms with Gasteiger partial charge in [0, 0.05) is 29.7 Å². The highest BCUT2D eigenvalue weighted by atomic mass is 19.1. The number of nitrogens with zero attached hydrogens (tertiary/aromatic N) is 3. The number of nitrogens with two attached hydrogens (primary N) is 1. The van der Waals surface area contributed by atoms with Gasteiger partial charge in [-0.2, -0.15) is 5.10 Å². The van der Waals surface area contributed by atoms with Crippen molar-refractivity contribution in [2.45, 2.75) is 52.7 Å². The number of carbonyl (C=O) groups is 2. The summed E-state index contributed by atoms with van der Waals surface area (Å²) in [5.74, 6) is -1.43. The predicted molar refractivity (Wildman–Crippen MR) is 129 cm³/mol. The molecule has 3 aromatic rings. The van der Waals surface area contributed by atoms with Crippen LogP contribution in [0, 0.1) is 11.7 Å². The number of anilines is 3. The SMILES string of the molecule is CCn1ncc2ccc(Nc3nc(N[C@@H](CC(C)C)[C@H](C)NC(=O)O)c(F)cc3C(N)=O)cc21. The Morgan fingerprint density at radius 1 is 1.21 bits per heavy atom. The molecule has 34 heavy (non-hydrogen) atoms. The third-order valence-corrected chi connectivity index (χ3v) is 5.45. The molecule has 0 aliphatic carbocycles. The maximum atomic E-state index is 14.9. The Kier molecular flexibility index (Phi) is 7.54. The lowest BCUT2D eigenvalue weighted by Gasteiger charge is -2.27. The monoisotopic (exact) mass is 471 g/mol.